The molecule has 1 rings (SSSR count). The van der Waals surface area contributed by atoms with E-state index in [1.807, 2.05) is 26.0 Å². The summed E-state index contributed by atoms with van der Waals surface area (Å²) in [5, 5.41) is 10.9. The van der Waals surface area contributed by atoms with Gasteiger partial charge < -0.3 is 5.21 Å². The van der Waals surface area contributed by atoms with Gasteiger partial charge in [-0.05, 0) is 36.6 Å². The number of rotatable bonds is 2. The average Bonchev–Trinajstić information content (AvgIpc) is 1.98. The minimum Gasteiger partial charge on any atom is -0.314 e. The van der Waals surface area contributed by atoms with Crippen molar-refractivity contribution in [2.45, 2.75) is 20.4 Å². The first-order valence-corrected chi connectivity index (χ1v) is 4.54. The van der Waals surface area contributed by atoms with Gasteiger partial charge in [-0.25, -0.2) is 0 Å². The highest BCUT2D eigenvalue weighted by atomic mass is 35.5. The van der Waals surface area contributed by atoms with E-state index in [0.29, 0.717) is 6.54 Å². The lowest BCUT2D eigenvalue weighted by Crippen LogP contribution is -2.11. The molecule has 0 aromatic heterocycles. The number of hydroxylamine groups is 2. The van der Waals surface area contributed by atoms with E-state index in [-0.39, 0.29) is 0 Å². The van der Waals surface area contributed by atoms with Gasteiger partial charge in [0.05, 0.1) is 0 Å². The quantitative estimate of drug-likeness (QED) is 0.741. The molecular formula is C10H14ClNO. The fourth-order valence-corrected chi connectivity index (χ4v) is 1.53. The van der Waals surface area contributed by atoms with Crippen molar-refractivity contribution in [3.63, 3.8) is 0 Å². The number of hydrogen-bond acceptors (Lipinski definition) is 2. The largest absolute Gasteiger partial charge is 0.314 e. The molecule has 2 nitrogen and oxygen atoms in total. The van der Waals surface area contributed by atoms with Crippen LogP contribution < -0.4 is 0 Å². The molecule has 72 valence electrons. The summed E-state index contributed by atoms with van der Waals surface area (Å²) in [6, 6.07) is 3.92. The predicted octanol–water partition coefficient (Wildman–Crippen LogP) is 2.78. The lowest BCUT2D eigenvalue weighted by molar-refractivity contribution is -0.0731. The second-order valence-electron chi connectivity index (χ2n) is 3.34. The van der Waals surface area contributed by atoms with E-state index >= 15 is 0 Å². The summed E-state index contributed by atoms with van der Waals surface area (Å²) in [7, 11) is 1.61. The monoisotopic (exact) mass is 199 g/mol. The molecule has 0 spiro atoms. The molecule has 0 aliphatic heterocycles. The lowest BCUT2D eigenvalue weighted by Gasteiger charge is -2.11. The van der Waals surface area contributed by atoms with Crippen LogP contribution in [0.3, 0.4) is 0 Å². The number of benzene rings is 1. The molecule has 13 heavy (non-hydrogen) atoms. The Morgan fingerprint density at radius 3 is 2.46 bits per heavy atom. The van der Waals surface area contributed by atoms with Gasteiger partial charge >= 0.3 is 0 Å². The van der Waals surface area contributed by atoms with Crippen LogP contribution in [0.25, 0.3) is 0 Å². The highest BCUT2D eigenvalue weighted by Gasteiger charge is 2.03. The van der Waals surface area contributed by atoms with Gasteiger partial charge in [0, 0.05) is 18.6 Å². The summed E-state index contributed by atoms with van der Waals surface area (Å²) in [6.07, 6.45) is 0. The van der Waals surface area contributed by atoms with Crippen LogP contribution in [0.2, 0.25) is 5.02 Å². The van der Waals surface area contributed by atoms with Crippen molar-refractivity contribution >= 4 is 11.6 Å². The van der Waals surface area contributed by atoms with Gasteiger partial charge in [0.1, 0.15) is 0 Å². The molecule has 1 N–H and O–H groups in total. The topological polar surface area (TPSA) is 23.5 Å². The van der Waals surface area contributed by atoms with Crippen LogP contribution in [-0.2, 0) is 6.54 Å². The molecule has 3 heteroatoms. The average molecular weight is 200 g/mol. The summed E-state index contributed by atoms with van der Waals surface area (Å²) in [5.41, 5.74) is 3.29. The molecule has 1 aromatic rings. The van der Waals surface area contributed by atoms with Crippen molar-refractivity contribution in [2.24, 2.45) is 0 Å². The molecule has 0 fully saturated rings. The third-order valence-electron chi connectivity index (χ3n) is 2.08. The van der Waals surface area contributed by atoms with Crippen molar-refractivity contribution in [2.75, 3.05) is 7.05 Å². The van der Waals surface area contributed by atoms with Gasteiger partial charge in [0.25, 0.3) is 0 Å². The fraction of sp³-hybridized carbons (Fsp3) is 0.400. The third-order valence-corrected chi connectivity index (χ3v) is 2.47. The van der Waals surface area contributed by atoms with Crippen molar-refractivity contribution in [3.8, 4) is 0 Å². The van der Waals surface area contributed by atoms with Crippen molar-refractivity contribution in [3.05, 3.63) is 33.8 Å². The van der Waals surface area contributed by atoms with E-state index in [9.17, 15) is 0 Å². The van der Waals surface area contributed by atoms with Gasteiger partial charge in [0.15, 0.2) is 0 Å². The first-order valence-electron chi connectivity index (χ1n) is 4.16. The van der Waals surface area contributed by atoms with Gasteiger partial charge in [0.2, 0.25) is 0 Å². The van der Waals surface area contributed by atoms with Gasteiger partial charge in [-0.15, -0.1) is 0 Å². The van der Waals surface area contributed by atoms with Crippen LogP contribution >= 0.6 is 11.6 Å². The van der Waals surface area contributed by atoms with E-state index in [1.54, 1.807) is 7.05 Å². The zero-order valence-corrected chi connectivity index (χ0v) is 8.89. The summed E-state index contributed by atoms with van der Waals surface area (Å²) in [4.78, 5) is 0. The zero-order valence-electron chi connectivity index (χ0n) is 8.13. The van der Waals surface area contributed by atoms with Gasteiger partial charge in [-0.2, -0.15) is 5.06 Å². The SMILES string of the molecule is Cc1cc(CN(C)O)cc(Cl)c1C. The third kappa shape index (κ3) is 2.69. The molecule has 0 radical (unpaired) electrons. The van der Waals surface area contributed by atoms with E-state index in [0.717, 1.165) is 26.8 Å². The maximum absolute atomic E-state index is 9.05. The highest BCUT2D eigenvalue weighted by molar-refractivity contribution is 6.31. The first kappa shape index (κ1) is 10.5. The number of nitrogens with zero attached hydrogens (tertiary/aromatic N) is 1. The minimum atomic E-state index is 0.501. The van der Waals surface area contributed by atoms with Crippen molar-refractivity contribution in [1.29, 1.82) is 0 Å². The normalized spacial score (nSPS) is 10.9. The van der Waals surface area contributed by atoms with Crippen LogP contribution in [0.4, 0.5) is 0 Å². The molecule has 1 aromatic carbocycles. The summed E-state index contributed by atoms with van der Waals surface area (Å²) in [5.74, 6) is 0. The Labute approximate surface area is 83.7 Å². The molecule has 0 aliphatic carbocycles. The Kier molecular flexibility index (Phi) is 3.31. The van der Waals surface area contributed by atoms with Gasteiger partial charge in [-0.3, -0.25) is 0 Å². The molecule has 0 atom stereocenters. The molecule has 0 saturated carbocycles. The molecular weight excluding hydrogens is 186 g/mol. The number of halogens is 1. The highest BCUT2D eigenvalue weighted by Crippen LogP contribution is 2.21. The first-order chi connectivity index (χ1) is 6.00. The number of aryl methyl sites for hydroxylation is 1. The Bertz CT molecular complexity index is 287. The van der Waals surface area contributed by atoms with E-state index in [4.69, 9.17) is 16.8 Å². The maximum atomic E-state index is 9.05. The fourth-order valence-electron chi connectivity index (χ4n) is 1.24. The summed E-state index contributed by atoms with van der Waals surface area (Å²) in [6.45, 7) is 4.51. The second-order valence-corrected chi connectivity index (χ2v) is 3.74. The molecule has 0 amide bonds. The van der Waals surface area contributed by atoms with Crippen LogP contribution in [0.15, 0.2) is 12.1 Å². The van der Waals surface area contributed by atoms with Crippen molar-refractivity contribution < 1.29 is 5.21 Å². The second kappa shape index (κ2) is 4.09. The van der Waals surface area contributed by atoms with E-state index in [1.165, 1.54) is 0 Å². The standard InChI is InChI=1S/C10H14ClNO/c1-7-4-9(6-12(3)13)5-10(11)8(7)2/h4-5,13H,6H2,1-3H3. The zero-order chi connectivity index (χ0) is 10.0. The summed E-state index contributed by atoms with van der Waals surface area (Å²) >= 11 is 6.00. The Morgan fingerprint density at radius 2 is 2.00 bits per heavy atom. The van der Waals surface area contributed by atoms with Crippen LogP contribution in [-0.4, -0.2) is 17.3 Å². The minimum absolute atomic E-state index is 0.501. The van der Waals surface area contributed by atoms with Crippen LogP contribution in [0.1, 0.15) is 16.7 Å². The lowest BCUT2D eigenvalue weighted by atomic mass is 10.1. The molecule has 0 saturated heterocycles. The maximum Gasteiger partial charge on any atom is 0.0486 e. The predicted molar refractivity (Wildman–Crippen MR) is 54.2 cm³/mol. The van der Waals surface area contributed by atoms with E-state index < -0.39 is 0 Å². The Balaban J connectivity index is 2.99. The molecule has 0 bridgehead atoms. The van der Waals surface area contributed by atoms with Crippen LogP contribution in [0.5, 0.6) is 0 Å². The molecule has 0 heterocycles. The van der Waals surface area contributed by atoms with E-state index in [2.05, 4.69) is 0 Å². The van der Waals surface area contributed by atoms with Crippen LogP contribution in [0, 0.1) is 13.8 Å². The summed E-state index contributed by atoms with van der Waals surface area (Å²) < 4.78 is 0. The Hall–Kier alpha value is -0.570. The molecule has 0 aliphatic rings. The molecule has 0 unspecified atom stereocenters. The number of hydrogen-bond donors (Lipinski definition) is 1. The van der Waals surface area contributed by atoms with Gasteiger partial charge in [-0.1, -0.05) is 17.7 Å². The Morgan fingerprint density at radius 1 is 1.38 bits per heavy atom. The smallest absolute Gasteiger partial charge is 0.0486 e. The van der Waals surface area contributed by atoms with Crippen molar-refractivity contribution in [1.82, 2.24) is 5.06 Å².